The topological polar surface area (TPSA) is 61.8 Å². The maximum absolute atomic E-state index is 10.5. The van der Waals surface area contributed by atoms with Crippen molar-refractivity contribution in [2.24, 2.45) is 0 Å². The van der Waals surface area contributed by atoms with Crippen LogP contribution in [0.3, 0.4) is 0 Å². The second-order valence-corrected chi connectivity index (χ2v) is 12.7. The molecule has 0 heterocycles. The highest BCUT2D eigenvalue weighted by molar-refractivity contribution is 5.49. The Morgan fingerprint density at radius 1 is 0.400 bits per heavy atom. The average Bonchev–Trinajstić information content (AvgIpc) is 3.05. The normalized spacial score (nSPS) is 13.2. The van der Waals surface area contributed by atoms with E-state index in [1.165, 1.54) is 116 Å². The summed E-state index contributed by atoms with van der Waals surface area (Å²) >= 11 is 0. The van der Waals surface area contributed by atoms with Gasteiger partial charge in [-0.3, -0.25) is 0 Å². The van der Waals surface area contributed by atoms with Crippen molar-refractivity contribution in [1.29, 1.82) is 0 Å². The molecule has 0 saturated carbocycles. The third-order valence-corrected chi connectivity index (χ3v) is 8.30. The first-order valence-corrected chi connectivity index (χ1v) is 19.4. The van der Waals surface area contributed by atoms with Crippen LogP contribution in [0.5, 0.6) is 0 Å². The van der Waals surface area contributed by atoms with E-state index in [0.717, 1.165) is 63.9 Å². The van der Waals surface area contributed by atoms with Gasteiger partial charge in [-0.1, -0.05) is 142 Å². The lowest BCUT2D eigenvalue weighted by molar-refractivity contribution is -0.208. The lowest BCUT2D eigenvalue weighted by Gasteiger charge is -2.22. The molecule has 0 bridgehead atoms. The van der Waals surface area contributed by atoms with Crippen molar-refractivity contribution in [3.63, 3.8) is 0 Å². The van der Waals surface area contributed by atoms with Crippen LogP contribution in [0.2, 0.25) is 0 Å². The number of hydrogen-bond donors (Lipinski definition) is 0. The van der Waals surface area contributed by atoms with Gasteiger partial charge in [0.2, 0.25) is 0 Å². The number of carbonyl (C=O) groups excluding carboxylic acids is 2. The van der Waals surface area contributed by atoms with Crippen molar-refractivity contribution in [2.75, 3.05) is 13.2 Å². The molecule has 0 aliphatic carbocycles. The molecular formula is C40H74O5. The van der Waals surface area contributed by atoms with Gasteiger partial charge in [-0.05, 0) is 63.5 Å². The molecule has 45 heavy (non-hydrogen) atoms. The second kappa shape index (κ2) is 38.9. The highest BCUT2D eigenvalue weighted by Crippen LogP contribution is 2.14. The summed E-state index contributed by atoms with van der Waals surface area (Å²) in [7, 11) is 0. The minimum Gasteiger partial charge on any atom is -0.349 e. The average molecular weight is 635 g/mol. The first-order valence-electron chi connectivity index (χ1n) is 19.4. The minimum absolute atomic E-state index is 0.394. The van der Waals surface area contributed by atoms with Crippen LogP contribution in [0.4, 0.5) is 0 Å². The van der Waals surface area contributed by atoms with Gasteiger partial charge < -0.3 is 23.8 Å². The Balaban J connectivity index is 4.85. The molecule has 0 N–H and O–H groups in total. The predicted molar refractivity (Wildman–Crippen MR) is 192 cm³/mol. The first-order chi connectivity index (χ1) is 22.3. The predicted octanol–water partition coefficient (Wildman–Crippen LogP) is 12.2. The monoisotopic (exact) mass is 635 g/mol. The number of allylic oxidation sites excluding steroid dienone is 2. The van der Waals surface area contributed by atoms with Crippen LogP contribution in [0.25, 0.3) is 0 Å². The van der Waals surface area contributed by atoms with E-state index < -0.39 is 12.6 Å². The maximum atomic E-state index is 10.5. The van der Waals surface area contributed by atoms with Gasteiger partial charge >= 0.3 is 0 Å². The zero-order chi connectivity index (χ0) is 32.7. The van der Waals surface area contributed by atoms with E-state index in [0.29, 0.717) is 26.1 Å². The van der Waals surface area contributed by atoms with Gasteiger partial charge in [0, 0.05) is 12.8 Å². The maximum Gasteiger partial charge on any atom is 0.180 e. The number of hydrogen-bond acceptors (Lipinski definition) is 5. The molecule has 0 aromatic carbocycles. The van der Waals surface area contributed by atoms with Crippen LogP contribution < -0.4 is 0 Å². The zero-order valence-corrected chi connectivity index (χ0v) is 29.9. The third kappa shape index (κ3) is 35.4. The number of aldehydes is 2. The summed E-state index contributed by atoms with van der Waals surface area (Å²) in [6, 6.07) is 0. The Bertz CT molecular complexity index is 593. The second-order valence-electron chi connectivity index (χ2n) is 12.7. The Morgan fingerprint density at radius 2 is 0.711 bits per heavy atom. The van der Waals surface area contributed by atoms with Crippen LogP contribution in [0.1, 0.15) is 194 Å². The largest absolute Gasteiger partial charge is 0.349 e. The van der Waals surface area contributed by atoms with E-state index in [9.17, 15) is 9.59 Å². The Hall–Kier alpha value is -1.30. The molecule has 5 nitrogen and oxygen atoms in total. The van der Waals surface area contributed by atoms with Gasteiger partial charge in [0.25, 0.3) is 0 Å². The van der Waals surface area contributed by atoms with Gasteiger partial charge in [0.05, 0.1) is 13.2 Å². The zero-order valence-electron chi connectivity index (χ0n) is 29.9. The van der Waals surface area contributed by atoms with Crippen LogP contribution in [0.15, 0.2) is 24.3 Å². The number of rotatable bonds is 38. The molecule has 0 rings (SSSR count). The van der Waals surface area contributed by atoms with Crippen LogP contribution in [-0.4, -0.2) is 38.4 Å². The van der Waals surface area contributed by atoms with Crippen molar-refractivity contribution >= 4 is 12.6 Å². The van der Waals surface area contributed by atoms with Gasteiger partial charge in [0.15, 0.2) is 12.6 Å². The van der Waals surface area contributed by atoms with E-state index in [-0.39, 0.29) is 0 Å². The molecule has 0 aliphatic heterocycles. The van der Waals surface area contributed by atoms with E-state index in [1.54, 1.807) is 0 Å². The van der Waals surface area contributed by atoms with E-state index in [2.05, 4.69) is 38.2 Å². The molecule has 0 aromatic rings. The van der Waals surface area contributed by atoms with Crippen LogP contribution in [0, 0.1) is 0 Å². The van der Waals surface area contributed by atoms with Crippen molar-refractivity contribution in [3.05, 3.63) is 24.3 Å². The quantitative estimate of drug-likeness (QED) is 0.0293. The van der Waals surface area contributed by atoms with Gasteiger partial charge in [0.1, 0.15) is 12.6 Å². The summed E-state index contributed by atoms with van der Waals surface area (Å²) in [4.78, 5) is 20.9. The number of ether oxygens (including phenoxy) is 3. The summed E-state index contributed by atoms with van der Waals surface area (Å²) in [5, 5.41) is 0. The fraction of sp³-hybridized carbons (Fsp3) is 0.850. The van der Waals surface area contributed by atoms with E-state index >= 15 is 0 Å². The Labute approximate surface area is 279 Å². The van der Waals surface area contributed by atoms with Crippen molar-refractivity contribution < 1.29 is 23.8 Å². The molecule has 2 unspecified atom stereocenters. The fourth-order valence-corrected chi connectivity index (χ4v) is 5.38. The highest BCUT2D eigenvalue weighted by Gasteiger charge is 2.13. The van der Waals surface area contributed by atoms with Crippen molar-refractivity contribution in [2.45, 2.75) is 206 Å². The molecule has 5 heteroatoms. The smallest absolute Gasteiger partial charge is 0.180 e. The summed E-state index contributed by atoms with van der Waals surface area (Å²) in [6.45, 7) is 5.94. The molecule has 264 valence electrons. The fourth-order valence-electron chi connectivity index (χ4n) is 5.38. The van der Waals surface area contributed by atoms with E-state index in [4.69, 9.17) is 14.2 Å². The summed E-state index contributed by atoms with van der Waals surface area (Å²) in [5.74, 6) is 0. The lowest BCUT2D eigenvalue weighted by Crippen LogP contribution is -2.25. The van der Waals surface area contributed by atoms with Crippen LogP contribution >= 0.6 is 0 Å². The summed E-state index contributed by atoms with van der Waals surface area (Å²) in [6.07, 6.45) is 42.3. The highest BCUT2D eigenvalue weighted by atomic mass is 16.8. The molecule has 0 saturated heterocycles. The Kier molecular flexibility index (Phi) is 37.8. The number of carbonyl (C=O) groups is 2. The summed E-state index contributed by atoms with van der Waals surface area (Å²) in [5.41, 5.74) is 0. The molecule has 0 amide bonds. The third-order valence-electron chi connectivity index (χ3n) is 8.30. The minimum atomic E-state index is -0.394. The van der Waals surface area contributed by atoms with Gasteiger partial charge in [-0.25, -0.2) is 0 Å². The lowest BCUT2D eigenvalue weighted by atomic mass is 10.1. The molecule has 0 fully saturated rings. The molecular weight excluding hydrogens is 560 g/mol. The SMILES string of the molecule is CCCCCCCCOC(C=CCCCCCCCCC=O)OC(C=CCCCCCCCCC=O)OCCCCCCCC. The van der Waals surface area contributed by atoms with Crippen molar-refractivity contribution in [1.82, 2.24) is 0 Å². The molecule has 0 aliphatic rings. The van der Waals surface area contributed by atoms with Gasteiger partial charge in [-0.15, -0.1) is 0 Å². The first kappa shape index (κ1) is 43.7. The standard InChI is InChI=1S/C40H74O5/c1-3-5-7-9-25-31-37-43-39(33-27-21-17-13-11-15-19-23-29-35-41)45-40(44-38-32-26-10-8-6-4-2)34-28-22-18-14-12-16-20-24-30-36-42/h27-28,33-36,39-40H,3-26,29-32,37-38H2,1-2H3. The molecule has 0 aromatic heterocycles. The van der Waals surface area contributed by atoms with E-state index in [1.807, 2.05) is 0 Å². The van der Waals surface area contributed by atoms with Crippen LogP contribution in [-0.2, 0) is 23.8 Å². The summed E-state index contributed by atoms with van der Waals surface area (Å²) < 4.78 is 19.0. The Morgan fingerprint density at radius 3 is 1.07 bits per heavy atom. The molecule has 0 radical (unpaired) electrons. The number of unbranched alkanes of at least 4 members (excludes halogenated alkanes) is 24. The van der Waals surface area contributed by atoms with Crippen molar-refractivity contribution in [3.8, 4) is 0 Å². The molecule has 2 atom stereocenters. The molecule has 0 spiro atoms. The van der Waals surface area contributed by atoms with Gasteiger partial charge in [-0.2, -0.15) is 0 Å².